The lowest BCUT2D eigenvalue weighted by atomic mass is 9.78. The first-order chi connectivity index (χ1) is 6.62. The number of aliphatic hydroxyl groups is 1. The van der Waals surface area contributed by atoms with Crippen LogP contribution in [-0.4, -0.2) is 16.5 Å². The molecule has 0 fully saturated rings. The molecule has 0 bridgehead atoms. The van der Waals surface area contributed by atoms with Crippen LogP contribution in [0.25, 0.3) is 0 Å². The normalized spacial score (nSPS) is 31.6. The molecular weight excluding hydrogens is 176 g/mol. The van der Waals surface area contributed by atoms with Crippen LogP contribution < -0.4 is 0 Å². The number of allylic oxidation sites excluding steroid dienone is 2. The first kappa shape index (κ1) is 9.66. The summed E-state index contributed by atoms with van der Waals surface area (Å²) in [5, 5.41) is 10.0. The van der Waals surface area contributed by atoms with Crippen molar-refractivity contribution in [3.05, 3.63) is 23.3 Å². The summed E-state index contributed by atoms with van der Waals surface area (Å²) in [6, 6.07) is 0. The fourth-order valence-corrected chi connectivity index (χ4v) is 2.26. The number of hydrogen-bond acceptors (Lipinski definition) is 2. The van der Waals surface area contributed by atoms with Crippen molar-refractivity contribution in [2.75, 3.05) is 0 Å². The Bertz CT molecular complexity index is 325. The van der Waals surface area contributed by atoms with Gasteiger partial charge in [0, 0.05) is 6.42 Å². The van der Waals surface area contributed by atoms with Crippen molar-refractivity contribution in [1.82, 2.24) is 0 Å². The van der Waals surface area contributed by atoms with Crippen molar-refractivity contribution in [2.45, 2.75) is 44.6 Å². The molecule has 2 heteroatoms. The van der Waals surface area contributed by atoms with Gasteiger partial charge in [0.05, 0.1) is 0 Å². The van der Waals surface area contributed by atoms with Crippen LogP contribution >= 0.6 is 0 Å². The fourth-order valence-electron chi connectivity index (χ4n) is 2.26. The van der Waals surface area contributed by atoms with E-state index in [1.165, 1.54) is 30.9 Å². The summed E-state index contributed by atoms with van der Waals surface area (Å²) in [5.41, 5.74) is 1.43. The van der Waals surface area contributed by atoms with Crippen molar-refractivity contribution in [2.24, 2.45) is 0 Å². The zero-order valence-electron chi connectivity index (χ0n) is 8.55. The van der Waals surface area contributed by atoms with E-state index in [0.29, 0.717) is 6.42 Å². The molecule has 14 heavy (non-hydrogen) atoms. The van der Waals surface area contributed by atoms with Crippen LogP contribution in [0.4, 0.5) is 0 Å². The molecule has 1 N–H and O–H groups in total. The summed E-state index contributed by atoms with van der Waals surface area (Å²) < 4.78 is 0. The maximum absolute atomic E-state index is 11.3. The minimum Gasteiger partial charge on any atom is -0.378 e. The van der Waals surface area contributed by atoms with E-state index in [-0.39, 0.29) is 5.78 Å². The van der Waals surface area contributed by atoms with E-state index in [4.69, 9.17) is 0 Å². The van der Waals surface area contributed by atoms with E-state index in [2.05, 4.69) is 0 Å². The van der Waals surface area contributed by atoms with Crippen LogP contribution in [0.3, 0.4) is 0 Å². The number of Topliss-reactive ketones (excluding diaryl/α,β-unsaturated/α-hetero) is 1. The van der Waals surface area contributed by atoms with Gasteiger partial charge in [0.1, 0.15) is 5.60 Å². The average Bonchev–Trinajstić information content (AvgIpc) is 2.17. The summed E-state index contributed by atoms with van der Waals surface area (Å²) in [7, 11) is 0. The minimum absolute atomic E-state index is 0.147. The molecule has 0 aromatic rings. The lowest BCUT2D eigenvalue weighted by molar-refractivity contribution is -0.130. The Morgan fingerprint density at radius 2 is 2.14 bits per heavy atom. The second-order valence-electron chi connectivity index (χ2n) is 4.33. The molecule has 2 aliphatic rings. The maximum atomic E-state index is 11.3. The van der Waals surface area contributed by atoms with Gasteiger partial charge in [-0.1, -0.05) is 11.6 Å². The van der Waals surface area contributed by atoms with Crippen molar-refractivity contribution < 1.29 is 9.90 Å². The van der Waals surface area contributed by atoms with Gasteiger partial charge in [0.2, 0.25) is 0 Å². The third kappa shape index (κ3) is 1.55. The van der Waals surface area contributed by atoms with E-state index in [9.17, 15) is 9.90 Å². The van der Waals surface area contributed by atoms with Crippen LogP contribution in [0.1, 0.15) is 39.0 Å². The average molecular weight is 192 g/mol. The highest BCUT2D eigenvalue weighted by molar-refractivity contribution is 5.87. The van der Waals surface area contributed by atoms with Gasteiger partial charge in [-0.3, -0.25) is 4.79 Å². The van der Waals surface area contributed by atoms with Crippen LogP contribution in [0.5, 0.6) is 0 Å². The molecule has 2 nitrogen and oxygen atoms in total. The first-order valence-electron chi connectivity index (χ1n) is 5.25. The molecule has 0 amide bonds. The monoisotopic (exact) mass is 192 g/mol. The summed E-state index contributed by atoms with van der Waals surface area (Å²) in [6.07, 6.45) is 8.73. The Morgan fingerprint density at radius 1 is 1.43 bits per heavy atom. The van der Waals surface area contributed by atoms with Crippen LogP contribution in [-0.2, 0) is 4.79 Å². The summed E-state index contributed by atoms with van der Waals surface area (Å²) in [5.74, 6) is -0.147. The summed E-state index contributed by atoms with van der Waals surface area (Å²) in [4.78, 5) is 11.3. The van der Waals surface area contributed by atoms with Gasteiger partial charge in [0.25, 0.3) is 0 Å². The van der Waals surface area contributed by atoms with Crippen molar-refractivity contribution in [3.63, 3.8) is 0 Å². The second kappa shape index (κ2) is 3.35. The zero-order chi connectivity index (χ0) is 10.2. The molecular formula is C12H16O2. The van der Waals surface area contributed by atoms with Crippen molar-refractivity contribution in [3.8, 4) is 0 Å². The van der Waals surface area contributed by atoms with Gasteiger partial charge in [-0.05, 0) is 44.3 Å². The highest BCUT2D eigenvalue weighted by atomic mass is 16.3. The van der Waals surface area contributed by atoms with Gasteiger partial charge in [-0.25, -0.2) is 0 Å². The maximum Gasteiger partial charge on any atom is 0.165 e. The molecule has 1 atom stereocenters. The molecule has 0 radical (unpaired) electrons. The second-order valence-corrected chi connectivity index (χ2v) is 4.33. The molecule has 0 aliphatic heterocycles. The topological polar surface area (TPSA) is 37.3 Å². The Balaban J connectivity index is 2.25. The third-order valence-corrected chi connectivity index (χ3v) is 3.28. The van der Waals surface area contributed by atoms with Gasteiger partial charge < -0.3 is 5.11 Å². The Hall–Kier alpha value is -0.890. The van der Waals surface area contributed by atoms with Crippen molar-refractivity contribution >= 4 is 5.78 Å². The smallest absolute Gasteiger partial charge is 0.165 e. The largest absolute Gasteiger partial charge is 0.378 e. The molecule has 2 rings (SSSR count). The predicted octanol–water partition coefficient (Wildman–Crippen LogP) is 2.14. The van der Waals surface area contributed by atoms with Crippen LogP contribution in [0, 0.1) is 0 Å². The van der Waals surface area contributed by atoms with E-state index < -0.39 is 5.60 Å². The molecule has 0 saturated heterocycles. The zero-order valence-corrected chi connectivity index (χ0v) is 8.55. The van der Waals surface area contributed by atoms with E-state index >= 15 is 0 Å². The lowest BCUT2D eigenvalue weighted by Crippen LogP contribution is -2.37. The summed E-state index contributed by atoms with van der Waals surface area (Å²) in [6.45, 7) is 1.46. The fraction of sp³-hybridized carbons (Fsp3) is 0.583. The highest BCUT2D eigenvalue weighted by Gasteiger charge is 2.34. The number of carbonyl (C=O) groups is 1. The number of carbonyl (C=O) groups excluding carboxylic acids is 1. The Labute approximate surface area is 84.3 Å². The molecule has 76 valence electrons. The van der Waals surface area contributed by atoms with Crippen LogP contribution in [0.15, 0.2) is 23.3 Å². The van der Waals surface area contributed by atoms with Gasteiger partial charge in [-0.2, -0.15) is 0 Å². The van der Waals surface area contributed by atoms with Gasteiger partial charge >= 0.3 is 0 Å². The molecule has 0 aromatic heterocycles. The number of hydrogen-bond donors (Lipinski definition) is 1. The number of rotatable bonds is 1. The van der Waals surface area contributed by atoms with E-state index in [1.54, 1.807) is 6.08 Å². The summed E-state index contributed by atoms with van der Waals surface area (Å²) >= 11 is 0. The molecule has 0 heterocycles. The SMILES string of the molecule is CC(=O)C1(O)C=CC2=C(CCCC2)C1. The van der Waals surface area contributed by atoms with Gasteiger partial charge in [0.15, 0.2) is 5.78 Å². The molecule has 0 saturated carbocycles. The van der Waals surface area contributed by atoms with E-state index in [1.807, 2.05) is 6.08 Å². The number of ketones is 1. The van der Waals surface area contributed by atoms with E-state index in [0.717, 1.165) is 12.8 Å². The predicted molar refractivity (Wildman–Crippen MR) is 54.9 cm³/mol. The van der Waals surface area contributed by atoms with Gasteiger partial charge in [-0.15, -0.1) is 0 Å². The third-order valence-electron chi connectivity index (χ3n) is 3.28. The molecule has 0 spiro atoms. The first-order valence-corrected chi connectivity index (χ1v) is 5.25. The van der Waals surface area contributed by atoms with Crippen LogP contribution in [0.2, 0.25) is 0 Å². The molecule has 1 unspecified atom stereocenters. The highest BCUT2D eigenvalue weighted by Crippen LogP contribution is 2.36. The minimum atomic E-state index is -1.21. The molecule has 2 aliphatic carbocycles. The quantitative estimate of drug-likeness (QED) is 0.691. The Kier molecular flexibility index (Phi) is 2.31. The Morgan fingerprint density at radius 3 is 2.86 bits per heavy atom. The van der Waals surface area contributed by atoms with Crippen molar-refractivity contribution in [1.29, 1.82) is 0 Å². The molecule has 0 aromatic carbocycles. The standard InChI is InChI=1S/C12H16O2/c1-9(13)12(14)7-6-10-4-2-3-5-11(10)8-12/h6-7,14H,2-5,8H2,1H3. The lowest BCUT2D eigenvalue weighted by Gasteiger charge is -2.30.